The highest BCUT2D eigenvalue weighted by Gasteiger charge is 2.17. The van der Waals surface area contributed by atoms with E-state index in [0.717, 1.165) is 16.9 Å². The molecule has 0 aliphatic carbocycles. The molecule has 0 bridgehead atoms. The summed E-state index contributed by atoms with van der Waals surface area (Å²) in [5.41, 5.74) is 2.04. The van der Waals surface area contributed by atoms with Crippen LogP contribution < -0.4 is 15.2 Å². The van der Waals surface area contributed by atoms with Crippen LogP contribution in [-0.4, -0.2) is 25.9 Å². The van der Waals surface area contributed by atoms with Crippen LogP contribution in [0, 0.1) is 6.92 Å². The average Bonchev–Trinajstić information content (AvgIpc) is 2.93. The second-order valence-electron chi connectivity index (χ2n) is 6.27. The van der Waals surface area contributed by atoms with Crippen molar-refractivity contribution in [1.29, 1.82) is 0 Å². The van der Waals surface area contributed by atoms with E-state index in [1.54, 1.807) is 13.1 Å². The second-order valence-corrected chi connectivity index (χ2v) is 6.27. The molecule has 0 unspecified atom stereocenters. The van der Waals surface area contributed by atoms with Gasteiger partial charge in [0.15, 0.2) is 0 Å². The van der Waals surface area contributed by atoms with Gasteiger partial charge in [-0.1, -0.05) is 24.3 Å². The first-order valence-electron chi connectivity index (χ1n) is 8.43. The third kappa shape index (κ3) is 3.61. The number of ether oxygens (including phenoxy) is 2. The summed E-state index contributed by atoms with van der Waals surface area (Å²) in [6, 6.07) is 13.3. The van der Waals surface area contributed by atoms with Crippen LogP contribution in [0.4, 0.5) is 0 Å². The Balaban J connectivity index is 2.03. The predicted molar refractivity (Wildman–Crippen MR) is 97.9 cm³/mol. The fourth-order valence-corrected chi connectivity index (χ4v) is 2.60. The van der Waals surface area contributed by atoms with Gasteiger partial charge in [0, 0.05) is 7.05 Å². The number of hydrogen-bond acceptors (Lipinski definition) is 5. The summed E-state index contributed by atoms with van der Waals surface area (Å²) in [6.45, 7) is 6.13. The molecule has 0 saturated heterocycles. The third-order valence-electron chi connectivity index (χ3n) is 3.89. The van der Waals surface area contributed by atoms with Crippen molar-refractivity contribution in [3.8, 4) is 17.2 Å². The molecule has 3 rings (SSSR count). The Morgan fingerprint density at radius 2 is 1.77 bits per heavy atom. The molecule has 0 atom stereocenters. The summed E-state index contributed by atoms with van der Waals surface area (Å²) in [6.07, 6.45) is -0.0129. The SMILES string of the molecule is Cc1ccccc1OCc1c(OC(C)C)cccc1-n1nnn(C)c1=O. The quantitative estimate of drug-likeness (QED) is 0.680. The molecule has 1 aromatic heterocycles. The van der Waals surface area contributed by atoms with Crippen molar-refractivity contribution in [2.45, 2.75) is 33.5 Å². The fraction of sp³-hybridized carbons (Fsp3) is 0.316. The molecule has 0 aliphatic heterocycles. The van der Waals surface area contributed by atoms with Crippen LogP contribution >= 0.6 is 0 Å². The molecule has 136 valence electrons. The van der Waals surface area contributed by atoms with E-state index in [1.807, 2.05) is 57.2 Å². The van der Waals surface area contributed by atoms with Crippen LogP contribution in [0.2, 0.25) is 0 Å². The molecule has 7 heteroatoms. The minimum atomic E-state index is -0.330. The number of aryl methyl sites for hydroxylation is 2. The number of tetrazole rings is 1. The maximum atomic E-state index is 12.3. The van der Waals surface area contributed by atoms with Crippen molar-refractivity contribution < 1.29 is 9.47 Å². The van der Waals surface area contributed by atoms with Crippen molar-refractivity contribution in [3.05, 3.63) is 64.1 Å². The number of hydrogen-bond donors (Lipinski definition) is 0. The summed E-state index contributed by atoms with van der Waals surface area (Å²) in [5.74, 6) is 1.44. The minimum Gasteiger partial charge on any atom is -0.491 e. The van der Waals surface area contributed by atoms with Crippen LogP contribution in [0.25, 0.3) is 5.69 Å². The summed E-state index contributed by atoms with van der Waals surface area (Å²) in [7, 11) is 1.56. The van der Waals surface area contributed by atoms with Crippen LogP contribution in [-0.2, 0) is 13.7 Å². The van der Waals surface area contributed by atoms with Gasteiger partial charge in [0.1, 0.15) is 18.1 Å². The highest BCUT2D eigenvalue weighted by molar-refractivity contribution is 5.49. The molecule has 2 aromatic carbocycles. The zero-order valence-corrected chi connectivity index (χ0v) is 15.3. The first-order chi connectivity index (χ1) is 12.5. The molecular formula is C19H22N4O3. The van der Waals surface area contributed by atoms with E-state index >= 15 is 0 Å². The lowest BCUT2D eigenvalue weighted by Gasteiger charge is -2.18. The van der Waals surface area contributed by atoms with Gasteiger partial charge in [-0.2, -0.15) is 9.36 Å². The molecule has 0 fully saturated rings. The number of benzene rings is 2. The molecule has 0 spiro atoms. The van der Waals surface area contributed by atoms with Gasteiger partial charge in [-0.3, -0.25) is 0 Å². The van der Waals surface area contributed by atoms with Gasteiger partial charge < -0.3 is 9.47 Å². The van der Waals surface area contributed by atoms with Gasteiger partial charge in [0.2, 0.25) is 0 Å². The Kier molecular flexibility index (Phi) is 5.06. The minimum absolute atomic E-state index is 0.0129. The molecule has 3 aromatic rings. The standard InChI is InChI=1S/C19H22N4O3/c1-13(2)26-18-11-7-9-16(23-19(24)22(4)20-21-23)15(18)12-25-17-10-6-5-8-14(17)3/h5-11,13H,12H2,1-4H3. The molecule has 0 amide bonds. The Bertz CT molecular complexity index is 959. The van der Waals surface area contributed by atoms with E-state index in [1.165, 1.54) is 9.36 Å². The normalized spacial score (nSPS) is 11.0. The lowest BCUT2D eigenvalue weighted by atomic mass is 10.1. The van der Waals surface area contributed by atoms with Gasteiger partial charge >= 0.3 is 5.69 Å². The van der Waals surface area contributed by atoms with Gasteiger partial charge in [-0.25, -0.2) is 4.79 Å². The van der Waals surface area contributed by atoms with Gasteiger partial charge in [-0.15, -0.1) is 0 Å². The van der Waals surface area contributed by atoms with Gasteiger partial charge in [0.05, 0.1) is 17.4 Å². The molecule has 0 N–H and O–H groups in total. The molecule has 7 nitrogen and oxygen atoms in total. The van der Waals surface area contributed by atoms with E-state index in [9.17, 15) is 4.79 Å². The highest BCUT2D eigenvalue weighted by atomic mass is 16.5. The molecule has 0 aliphatic rings. The highest BCUT2D eigenvalue weighted by Crippen LogP contribution is 2.28. The molecule has 26 heavy (non-hydrogen) atoms. The Morgan fingerprint density at radius 1 is 1.04 bits per heavy atom. The topological polar surface area (TPSA) is 71.2 Å². The number of aromatic nitrogens is 4. The fourth-order valence-electron chi connectivity index (χ4n) is 2.60. The molecule has 0 saturated carbocycles. The zero-order valence-electron chi connectivity index (χ0n) is 15.3. The molecule has 0 radical (unpaired) electrons. The summed E-state index contributed by atoms with van der Waals surface area (Å²) in [4.78, 5) is 12.3. The smallest absolute Gasteiger partial charge is 0.368 e. The van der Waals surface area contributed by atoms with Crippen LogP contribution in [0.1, 0.15) is 25.0 Å². The second kappa shape index (κ2) is 7.43. The number of rotatable bonds is 6. The van der Waals surface area contributed by atoms with Crippen molar-refractivity contribution in [2.75, 3.05) is 0 Å². The van der Waals surface area contributed by atoms with E-state index < -0.39 is 0 Å². The number of nitrogens with zero attached hydrogens (tertiary/aromatic N) is 4. The first-order valence-corrected chi connectivity index (χ1v) is 8.43. The van der Waals surface area contributed by atoms with Gasteiger partial charge in [0.25, 0.3) is 0 Å². The van der Waals surface area contributed by atoms with Gasteiger partial charge in [-0.05, 0) is 55.0 Å². The third-order valence-corrected chi connectivity index (χ3v) is 3.89. The molecule has 1 heterocycles. The van der Waals surface area contributed by atoms with E-state index in [2.05, 4.69) is 10.4 Å². The Morgan fingerprint density at radius 3 is 2.42 bits per heavy atom. The zero-order chi connectivity index (χ0) is 18.7. The number of para-hydroxylation sites is 1. The van der Waals surface area contributed by atoms with E-state index in [4.69, 9.17) is 9.47 Å². The van der Waals surface area contributed by atoms with Crippen molar-refractivity contribution in [3.63, 3.8) is 0 Å². The summed E-state index contributed by atoms with van der Waals surface area (Å²) in [5, 5.41) is 7.74. The lowest BCUT2D eigenvalue weighted by molar-refractivity contribution is 0.230. The lowest BCUT2D eigenvalue weighted by Crippen LogP contribution is -2.23. The predicted octanol–water partition coefficient (Wildman–Crippen LogP) is 2.64. The van der Waals surface area contributed by atoms with E-state index in [-0.39, 0.29) is 18.4 Å². The molecular weight excluding hydrogens is 332 g/mol. The monoisotopic (exact) mass is 354 g/mol. The van der Waals surface area contributed by atoms with Crippen LogP contribution in [0.5, 0.6) is 11.5 Å². The first kappa shape index (κ1) is 17.7. The van der Waals surface area contributed by atoms with Crippen molar-refractivity contribution in [2.24, 2.45) is 7.05 Å². The van der Waals surface area contributed by atoms with Crippen molar-refractivity contribution in [1.82, 2.24) is 19.8 Å². The Labute approximate surface area is 151 Å². The maximum absolute atomic E-state index is 12.3. The van der Waals surface area contributed by atoms with Crippen molar-refractivity contribution >= 4 is 0 Å². The van der Waals surface area contributed by atoms with Crippen LogP contribution in [0.3, 0.4) is 0 Å². The Hall–Kier alpha value is -3.09. The average molecular weight is 354 g/mol. The van der Waals surface area contributed by atoms with E-state index in [0.29, 0.717) is 11.4 Å². The summed E-state index contributed by atoms with van der Waals surface area (Å²) < 4.78 is 14.4. The largest absolute Gasteiger partial charge is 0.491 e. The van der Waals surface area contributed by atoms with Crippen LogP contribution in [0.15, 0.2) is 47.3 Å². The summed E-state index contributed by atoms with van der Waals surface area (Å²) >= 11 is 0. The maximum Gasteiger partial charge on any atom is 0.368 e.